The molecule has 1 aliphatic rings. The molecule has 0 saturated carbocycles. The molecule has 0 saturated heterocycles. The molecule has 0 heterocycles. The summed E-state index contributed by atoms with van der Waals surface area (Å²) in [4.78, 5) is 25.1. The molecule has 2 nitrogen and oxygen atoms in total. The van der Waals surface area contributed by atoms with E-state index < -0.39 is 5.41 Å². The van der Waals surface area contributed by atoms with Gasteiger partial charge >= 0.3 is 0 Å². The van der Waals surface area contributed by atoms with E-state index in [1.807, 2.05) is 36.4 Å². The van der Waals surface area contributed by atoms with E-state index >= 15 is 0 Å². The van der Waals surface area contributed by atoms with Crippen LogP contribution in [-0.4, -0.2) is 11.6 Å². The summed E-state index contributed by atoms with van der Waals surface area (Å²) in [7, 11) is 0. The smallest absolute Gasteiger partial charge is 0.180 e. The van der Waals surface area contributed by atoms with E-state index in [0.29, 0.717) is 12.0 Å². The topological polar surface area (TPSA) is 34.1 Å². The second-order valence-electron chi connectivity index (χ2n) is 7.06. The molecule has 0 fully saturated rings. The second-order valence-corrected chi connectivity index (χ2v) is 7.06. The lowest BCUT2D eigenvalue weighted by molar-refractivity contribution is -0.122. The van der Waals surface area contributed by atoms with Crippen LogP contribution in [0.5, 0.6) is 0 Å². The van der Waals surface area contributed by atoms with Crippen LogP contribution in [0, 0.1) is 5.41 Å². The number of Topliss-reactive ketones (excluding diaryl/α,β-unsaturated/α-hetero) is 2. The van der Waals surface area contributed by atoms with E-state index in [9.17, 15) is 9.59 Å². The number of ketones is 2. The lowest BCUT2D eigenvalue weighted by Crippen LogP contribution is -2.36. The Morgan fingerprint density at radius 2 is 1.64 bits per heavy atom. The third-order valence-electron chi connectivity index (χ3n) is 5.14. The van der Waals surface area contributed by atoms with Gasteiger partial charge in [0.1, 0.15) is 11.2 Å². The molecule has 0 aromatic heterocycles. The van der Waals surface area contributed by atoms with Gasteiger partial charge in [-0.3, -0.25) is 9.59 Å². The Hall–Kier alpha value is -1.96. The third kappa shape index (κ3) is 5.01. The summed E-state index contributed by atoms with van der Waals surface area (Å²) in [5.74, 6) is -0.180. The van der Waals surface area contributed by atoms with Crippen molar-refractivity contribution in [3.8, 4) is 0 Å². The van der Waals surface area contributed by atoms with E-state index in [-0.39, 0.29) is 11.6 Å². The van der Waals surface area contributed by atoms with Crippen molar-refractivity contribution in [2.45, 2.75) is 65.2 Å². The maximum Gasteiger partial charge on any atom is 0.180 e. The molecule has 25 heavy (non-hydrogen) atoms. The van der Waals surface area contributed by atoms with Crippen LogP contribution in [0.2, 0.25) is 0 Å². The zero-order valence-corrected chi connectivity index (χ0v) is 15.6. The Labute approximate surface area is 152 Å². The molecule has 1 atom stereocenters. The van der Waals surface area contributed by atoms with Crippen LogP contribution in [0.25, 0.3) is 0 Å². The molecule has 0 bridgehead atoms. The maximum absolute atomic E-state index is 12.9. The molecule has 0 aliphatic heterocycles. The van der Waals surface area contributed by atoms with Crippen LogP contribution < -0.4 is 0 Å². The van der Waals surface area contributed by atoms with Gasteiger partial charge < -0.3 is 0 Å². The second kappa shape index (κ2) is 9.50. The van der Waals surface area contributed by atoms with Gasteiger partial charge in [-0.2, -0.15) is 0 Å². The Bertz CT molecular complexity index is 637. The highest BCUT2D eigenvalue weighted by Gasteiger charge is 2.40. The summed E-state index contributed by atoms with van der Waals surface area (Å²) in [5, 5.41) is 0. The molecule has 0 amide bonds. The van der Waals surface area contributed by atoms with Crippen LogP contribution in [0.15, 0.2) is 48.6 Å². The highest BCUT2D eigenvalue weighted by molar-refractivity contribution is 6.15. The minimum atomic E-state index is -1.02. The number of benzene rings is 1. The summed E-state index contributed by atoms with van der Waals surface area (Å²) in [6, 6.07) is 7.84. The molecule has 2 heteroatoms. The number of carbonyl (C=O) groups is 2. The lowest BCUT2D eigenvalue weighted by Gasteiger charge is -2.27. The molecule has 0 radical (unpaired) electrons. The average Bonchev–Trinajstić information content (AvgIpc) is 2.65. The monoisotopic (exact) mass is 338 g/mol. The van der Waals surface area contributed by atoms with Crippen molar-refractivity contribution in [2.75, 3.05) is 0 Å². The number of rotatable bonds is 10. The normalized spacial score (nSPS) is 19.1. The predicted molar refractivity (Wildman–Crippen MR) is 104 cm³/mol. The van der Waals surface area contributed by atoms with Crippen LogP contribution >= 0.6 is 0 Å². The molecule has 134 valence electrons. The summed E-state index contributed by atoms with van der Waals surface area (Å²) in [6.07, 6.45) is 16.6. The van der Waals surface area contributed by atoms with Crippen molar-refractivity contribution < 1.29 is 9.59 Å². The highest BCUT2D eigenvalue weighted by atomic mass is 16.2. The number of hydrogen-bond donors (Lipinski definition) is 0. The number of unbranched alkanes of at least 4 members (excludes halogenated alkanes) is 5. The van der Waals surface area contributed by atoms with Crippen molar-refractivity contribution in [3.63, 3.8) is 0 Å². The molecule has 2 rings (SSSR count). The minimum Gasteiger partial charge on any atom is -0.299 e. The third-order valence-corrected chi connectivity index (χ3v) is 5.14. The van der Waals surface area contributed by atoms with Crippen LogP contribution in [0.3, 0.4) is 0 Å². The zero-order valence-electron chi connectivity index (χ0n) is 15.6. The number of hydrogen-bond acceptors (Lipinski definition) is 2. The highest BCUT2D eigenvalue weighted by Crippen LogP contribution is 2.33. The van der Waals surface area contributed by atoms with Crippen LogP contribution in [0.4, 0.5) is 0 Å². The van der Waals surface area contributed by atoms with Crippen molar-refractivity contribution in [1.82, 2.24) is 0 Å². The Kier molecular flexibility index (Phi) is 7.36. The quantitative estimate of drug-likeness (QED) is 0.304. The predicted octanol–water partition coefficient (Wildman–Crippen LogP) is 5.86. The largest absolute Gasteiger partial charge is 0.299 e. The molecular weight excluding hydrogens is 308 g/mol. The molecule has 0 N–H and O–H groups in total. The Morgan fingerprint density at radius 1 is 0.960 bits per heavy atom. The van der Waals surface area contributed by atoms with Gasteiger partial charge in [0.05, 0.1) is 0 Å². The first-order valence-corrected chi connectivity index (χ1v) is 9.59. The zero-order chi connectivity index (χ0) is 18.1. The van der Waals surface area contributed by atoms with Gasteiger partial charge in [-0.1, -0.05) is 87.6 Å². The maximum atomic E-state index is 12.9. The standard InChI is InChI=1S/C23H30O2/c1-3-4-5-6-7-9-12-20-13-15-21(16-14-20)22(25)23(19(2)24)17-10-8-11-18-23/h8,10-11,13-17H,3-7,9,12,18H2,1-2H3. The van der Waals surface area contributed by atoms with Crippen molar-refractivity contribution in [3.05, 3.63) is 59.7 Å². The Balaban J connectivity index is 1.95. The van der Waals surface area contributed by atoms with Gasteiger partial charge in [0, 0.05) is 5.56 Å². The first-order chi connectivity index (χ1) is 12.1. The van der Waals surface area contributed by atoms with Gasteiger partial charge in [-0.15, -0.1) is 0 Å². The van der Waals surface area contributed by atoms with Gasteiger partial charge in [0.15, 0.2) is 5.78 Å². The summed E-state index contributed by atoms with van der Waals surface area (Å²) < 4.78 is 0. The van der Waals surface area contributed by atoms with Crippen LogP contribution in [-0.2, 0) is 11.2 Å². The summed E-state index contributed by atoms with van der Waals surface area (Å²) in [6.45, 7) is 3.74. The van der Waals surface area contributed by atoms with E-state index in [4.69, 9.17) is 0 Å². The van der Waals surface area contributed by atoms with E-state index in [1.165, 1.54) is 51.0 Å². The molecule has 1 aromatic rings. The fourth-order valence-electron chi connectivity index (χ4n) is 3.40. The van der Waals surface area contributed by atoms with Crippen molar-refractivity contribution in [2.24, 2.45) is 5.41 Å². The molecule has 1 aliphatic carbocycles. The minimum absolute atomic E-state index is 0.0887. The van der Waals surface area contributed by atoms with Crippen LogP contribution in [0.1, 0.15) is 74.7 Å². The fourth-order valence-corrected chi connectivity index (χ4v) is 3.40. The molecule has 0 spiro atoms. The fraction of sp³-hybridized carbons (Fsp3) is 0.478. The first-order valence-electron chi connectivity index (χ1n) is 9.59. The molecule has 1 aromatic carbocycles. The summed E-state index contributed by atoms with van der Waals surface area (Å²) in [5.41, 5.74) is 0.875. The van der Waals surface area contributed by atoms with Gasteiger partial charge in [-0.05, 0) is 31.7 Å². The van der Waals surface area contributed by atoms with E-state index in [0.717, 1.165) is 6.42 Å². The van der Waals surface area contributed by atoms with Gasteiger partial charge in [0.25, 0.3) is 0 Å². The number of aryl methyl sites for hydroxylation is 1. The van der Waals surface area contributed by atoms with Gasteiger partial charge in [-0.25, -0.2) is 0 Å². The number of allylic oxidation sites excluding steroid dienone is 4. The summed E-state index contributed by atoms with van der Waals surface area (Å²) >= 11 is 0. The van der Waals surface area contributed by atoms with Gasteiger partial charge in [0.2, 0.25) is 0 Å². The van der Waals surface area contributed by atoms with E-state index in [2.05, 4.69) is 6.92 Å². The first kappa shape index (κ1) is 19.4. The number of carbonyl (C=O) groups excluding carboxylic acids is 2. The molecule has 1 unspecified atom stereocenters. The van der Waals surface area contributed by atoms with Crippen molar-refractivity contribution in [1.29, 1.82) is 0 Å². The Morgan fingerprint density at radius 3 is 2.24 bits per heavy atom. The lowest BCUT2D eigenvalue weighted by atomic mass is 9.72. The van der Waals surface area contributed by atoms with E-state index in [1.54, 1.807) is 12.2 Å². The molecular formula is C23H30O2. The SMILES string of the molecule is CCCCCCCCc1ccc(C(=O)C2(C(C)=O)C=CC=CC2)cc1. The average molecular weight is 338 g/mol. The van der Waals surface area contributed by atoms with Crippen molar-refractivity contribution >= 4 is 11.6 Å².